The smallest absolute Gasteiger partial charge is 0.335 e. The standard InChI is InChI=1S/C12H10N2O4/c15-11(16)7-1-3-13-9(5-7)10-6-8(12(17)18)2-4-14-10/h1-5,8H,6H2,(H,15,16)(H,17,18). The van der Waals surface area contributed by atoms with Gasteiger partial charge in [-0.3, -0.25) is 14.8 Å². The minimum absolute atomic E-state index is 0.101. The number of aromatic nitrogens is 1. The maximum Gasteiger partial charge on any atom is 0.335 e. The molecule has 6 heteroatoms. The second-order valence-electron chi connectivity index (χ2n) is 3.80. The number of pyridine rings is 1. The molecule has 2 rings (SSSR count). The van der Waals surface area contributed by atoms with Crippen LogP contribution in [-0.4, -0.2) is 32.8 Å². The van der Waals surface area contributed by atoms with Crippen molar-refractivity contribution in [2.45, 2.75) is 6.42 Å². The average Bonchev–Trinajstić information content (AvgIpc) is 2.39. The van der Waals surface area contributed by atoms with E-state index in [9.17, 15) is 9.59 Å². The van der Waals surface area contributed by atoms with Gasteiger partial charge in [0, 0.05) is 18.8 Å². The molecule has 2 N–H and O–H groups in total. The van der Waals surface area contributed by atoms with E-state index in [1.54, 1.807) is 0 Å². The van der Waals surface area contributed by atoms with Crippen LogP contribution in [-0.2, 0) is 4.79 Å². The summed E-state index contributed by atoms with van der Waals surface area (Å²) in [5.74, 6) is -2.64. The van der Waals surface area contributed by atoms with Gasteiger partial charge in [0.1, 0.15) is 0 Å². The summed E-state index contributed by atoms with van der Waals surface area (Å²) >= 11 is 0. The molecule has 0 fully saturated rings. The summed E-state index contributed by atoms with van der Waals surface area (Å²) in [6.07, 6.45) is 4.48. The van der Waals surface area contributed by atoms with Gasteiger partial charge in [-0.15, -0.1) is 0 Å². The zero-order valence-corrected chi connectivity index (χ0v) is 9.28. The molecule has 1 atom stereocenters. The molecule has 1 aliphatic heterocycles. The van der Waals surface area contributed by atoms with Gasteiger partial charge in [-0.05, 0) is 12.1 Å². The van der Waals surface area contributed by atoms with Gasteiger partial charge in [-0.2, -0.15) is 0 Å². The van der Waals surface area contributed by atoms with Crippen LogP contribution in [0.5, 0.6) is 0 Å². The number of aromatic carboxylic acids is 1. The number of hydrogen-bond acceptors (Lipinski definition) is 4. The molecule has 0 aliphatic carbocycles. The van der Waals surface area contributed by atoms with Crippen LogP contribution in [0.15, 0.2) is 35.6 Å². The first-order chi connectivity index (χ1) is 8.58. The Bertz CT molecular complexity index is 563. The first-order valence-corrected chi connectivity index (χ1v) is 5.24. The fourth-order valence-electron chi connectivity index (χ4n) is 1.63. The van der Waals surface area contributed by atoms with E-state index in [1.165, 1.54) is 30.6 Å². The fraction of sp³-hybridized carbons (Fsp3) is 0.167. The van der Waals surface area contributed by atoms with E-state index in [2.05, 4.69) is 9.98 Å². The van der Waals surface area contributed by atoms with E-state index < -0.39 is 17.9 Å². The first-order valence-electron chi connectivity index (χ1n) is 5.24. The maximum absolute atomic E-state index is 10.9. The van der Waals surface area contributed by atoms with Crippen molar-refractivity contribution >= 4 is 17.7 Å². The quantitative estimate of drug-likeness (QED) is 0.834. The van der Waals surface area contributed by atoms with Crippen molar-refractivity contribution in [3.8, 4) is 0 Å². The lowest BCUT2D eigenvalue weighted by Gasteiger charge is -2.13. The lowest BCUT2D eigenvalue weighted by Crippen LogP contribution is -2.19. The van der Waals surface area contributed by atoms with Crippen LogP contribution in [0, 0.1) is 5.92 Å². The van der Waals surface area contributed by atoms with Crippen molar-refractivity contribution in [2.75, 3.05) is 0 Å². The minimum atomic E-state index is -1.06. The van der Waals surface area contributed by atoms with E-state index in [1.807, 2.05) is 0 Å². The molecular weight excluding hydrogens is 236 g/mol. The van der Waals surface area contributed by atoms with Gasteiger partial charge in [0.05, 0.1) is 22.9 Å². The highest BCUT2D eigenvalue weighted by Gasteiger charge is 2.21. The van der Waals surface area contributed by atoms with Crippen LogP contribution >= 0.6 is 0 Å². The Morgan fingerprint density at radius 2 is 2.11 bits per heavy atom. The number of nitrogens with zero attached hydrogens (tertiary/aromatic N) is 2. The molecule has 0 radical (unpaired) electrons. The predicted molar refractivity (Wildman–Crippen MR) is 62.6 cm³/mol. The molecule has 0 amide bonds. The van der Waals surface area contributed by atoms with Gasteiger partial charge in [0.25, 0.3) is 0 Å². The van der Waals surface area contributed by atoms with Crippen molar-refractivity contribution < 1.29 is 19.8 Å². The van der Waals surface area contributed by atoms with Crippen LogP contribution in [0.3, 0.4) is 0 Å². The number of hydrogen-bond donors (Lipinski definition) is 2. The number of carbonyl (C=O) groups is 2. The van der Waals surface area contributed by atoms with E-state index >= 15 is 0 Å². The Morgan fingerprint density at radius 1 is 1.33 bits per heavy atom. The van der Waals surface area contributed by atoms with Crippen molar-refractivity contribution in [1.82, 2.24) is 4.98 Å². The van der Waals surface area contributed by atoms with E-state index in [0.29, 0.717) is 11.4 Å². The molecule has 1 aromatic rings. The summed E-state index contributed by atoms with van der Waals surface area (Å²) in [7, 11) is 0. The van der Waals surface area contributed by atoms with Crippen molar-refractivity contribution in [3.05, 3.63) is 41.9 Å². The summed E-state index contributed by atoms with van der Waals surface area (Å²) in [5.41, 5.74) is 0.975. The molecule has 6 nitrogen and oxygen atoms in total. The summed E-state index contributed by atoms with van der Waals surface area (Å²) in [4.78, 5) is 29.8. The maximum atomic E-state index is 10.9. The fourth-order valence-corrected chi connectivity index (χ4v) is 1.63. The van der Waals surface area contributed by atoms with Crippen molar-refractivity contribution in [2.24, 2.45) is 10.9 Å². The largest absolute Gasteiger partial charge is 0.481 e. The topological polar surface area (TPSA) is 99.9 Å². The van der Waals surface area contributed by atoms with E-state index in [4.69, 9.17) is 10.2 Å². The third-order valence-corrected chi connectivity index (χ3v) is 2.58. The molecule has 1 unspecified atom stereocenters. The van der Waals surface area contributed by atoms with Gasteiger partial charge in [0.2, 0.25) is 0 Å². The number of carboxylic acid groups (broad SMARTS) is 2. The molecule has 0 saturated carbocycles. The molecule has 0 saturated heterocycles. The van der Waals surface area contributed by atoms with Gasteiger partial charge in [0.15, 0.2) is 0 Å². The Kier molecular flexibility index (Phi) is 3.18. The SMILES string of the molecule is O=C(O)c1ccnc(C2=NC=CC(C(=O)O)C2)c1. The Hall–Kier alpha value is -2.50. The van der Waals surface area contributed by atoms with Crippen LogP contribution in [0.25, 0.3) is 0 Å². The Labute approximate surface area is 102 Å². The number of carboxylic acids is 2. The third kappa shape index (κ3) is 2.42. The molecule has 1 aromatic heterocycles. The zero-order valence-electron chi connectivity index (χ0n) is 9.28. The van der Waals surface area contributed by atoms with Crippen LogP contribution < -0.4 is 0 Å². The number of aliphatic imine (C=N–C) groups is 1. The molecule has 0 spiro atoms. The first kappa shape index (κ1) is 12.0. The molecule has 2 heterocycles. The average molecular weight is 246 g/mol. The summed E-state index contributed by atoms with van der Waals surface area (Å²) in [6.45, 7) is 0. The second-order valence-corrected chi connectivity index (χ2v) is 3.80. The van der Waals surface area contributed by atoms with Crippen molar-refractivity contribution in [3.63, 3.8) is 0 Å². The van der Waals surface area contributed by atoms with Crippen LogP contribution in [0.2, 0.25) is 0 Å². The second kappa shape index (κ2) is 4.79. The van der Waals surface area contributed by atoms with E-state index in [-0.39, 0.29) is 12.0 Å². The lowest BCUT2D eigenvalue weighted by atomic mass is 9.97. The monoisotopic (exact) mass is 246 g/mol. The molecule has 92 valence electrons. The molecular formula is C12H10N2O4. The van der Waals surface area contributed by atoms with Gasteiger partial charge in [-0.1, -0.05) is 6.08 Å². The summed E-state index contributed by atoms with van der Waals surface area (Å²) in [5, 5.41) is 17.8. The highest BCUT2D eigenvalue weighted by molar-refractivity contribution is 6.03. The molecule has 18 heavy (non-hydrogen) atoms. The van der Waals surface area contributed by atoms with Gasteiger partial charge >= 0.3 is 11.9 Å². The van der Waals surface area contributed by atoms with E-state index in [0.717, 1.165) is 0 Å². The number of aliphatic carboxylic acids is 1. The number of rotatable bonds is 3. The van der Waals surface area contributed by atoms with Crippen molar-refractivity contribution in [1.29, 1.82) is 0 Å². The van der Waals surface area contributed by atoms with Crippen LogP contribution in [0.4, 0.5) is 0 Å². The summed E-state index contributed by atoms with van der Waals surface area (Å²) in [6, 6.07) is 2.76. The van der Waals surface area contributed by atoms with Gasteiger partial charge in [-0.25, -0.2) is 4.79 Å². The highest BCUT2D eigenvalue weighted by Crippen LogP contribution is 2.17. The van der Waals surface area contributed by atoms with Gasteiger partial charge < -0.3 is 10.2 Å². The Balaban J connectivity index is 2.30. The third-order valence-electron chi connectivity index (χ3n) is 2.58. The van der Waals surface area contributed by atoms with Crippen LogP contribution in [0.1, 0.15) is 22.5 Å². The lowest BCUT2D eigenvalue weighted by molar-refractivity contribution is -0.139. The zero-order chi connectivity index (χ0) is 13.1. The Morgan fingerprint density at radius 3 is 2.78 bits per heavy atom. The molecule has 0 aromatic carbocycles. The molecule has 1 aliphatic rings. The summed E-state index contributed by atoms with van der Waals surface area (Å²) < 4.78 is 0. The molecule has 0 bridgehead atoms. The normalized spacial score (nSPS) is 18.2. The highest BCUT2D eigenvalue weighted by atomic mass is 16.4. The predicted octanol–water partition coefficient (Wildman–Crippen LogP) is 1.19. The minimum Gasteiger partial charge on any atom is -0.481 e.